The molecular weight excluding hydrogens is 420 g/mol. The molecule has 0 spiro atoms. The molecule has 162 valence electrons. The third-order valence-electron chi connectivity index (χ3n) is 5.02. The summed E-state index contributed by atoms with van der Waals surface area (Å²) >= 11 is 5.93. The average Bonchev–Trinajstić information content (AvgIpc) is 3.20. The molecule has 2 N–H and O–H groups in total. The third-order valence-corrected chi connectivity index (χ3v) is 5.27. The Labute approximate surface area is 193 Å². The Morgan fingerprint density at radius 2 is 1.53 bits per heavy atom. The molecule has 0 aliphatic rings. The Morgan fingerprint density at radius 3 is 2.22 bits per heavy atom. The predicted molar refractivity (Wildman–Crippen MR) is 132 cm³/mol. The van der Waals surface area contributed by atoms with Gasteiger partial charge in [0.2, 0.25) is 0 Å². The quantitative estimate of drug-likeness (QED) is 0.351. The molecule has 32 heavy (non-hydrogen) atoms. The summed E-state index contributed by atoms with van der Waals surface area (Å²) in [6, 6.07) is 26.8. The number of rotatable bonds is 4. The third kappa shape index (κ3) is 5.01. The molecule has 6 heteroatoms. The van der Waals surface area contributed by atoms with Crippen LogP contribution < -0.4 is 10.6 Å². The zero-order valence-corrected chi connectivity index (χ0v) is 19.0. The van der Waals surface area contributed by atoms with Crippen molar-refractivity contribution in [2.75, 3.05) is 10.6 Å². The molecule has 3 aromatic carbocycles. The zero-order chi connectivity index (χ0) is 22.7. The van der Waals surface area contributed by atoms with Crippen LogP contribution in [0.15, 0.2) is 84.9 Å². The summed E-state index contributed by atoms with van der Waals surface area (Å²) in [6.45, 7) is 6.28. The lowest BCUT2D eigenvalue weighted by molar-refractivity contribution is 0.262. The lowest BCUT2D eigenvalue weighted by Crippen LogP contribution is -2.21. The van der Waals surface area contributed by atoms with E-state index in [-0.39, 0.29) is 11.4 Å². The van der Waals surface area contributed by atoms with Crippen molar-refractivity contribution in [3.8, 4) is 16.8 Å². The van der Waals surface area contributed by atoms with Gasteiger partial charge < -0.3 is 5.32 Å². The van der Waals surface area contributed by atoms with E-state index in [1.807, 2.05) is 36.4 Å². The van der Waals surface area contributed by atoms with Crippen LogP contribution in [-0.4, -0.2) is 15.8 Å². The van der Waals surface area contributed by atoms with Gasteiger partial charge in [0.25, 0.3) is 0 Å². The van der Waals surface area contributed by atoms with Crippen LogP contribution in [0.3, 0.4) is 0 Å². The fraction of sp³-hybridized carbons (Fsp3) is 0.154. The number of amides is 2. The molecule has 0 fully saturated rings. The van der Waals surface area contributed by atoms with Gasteiger partial charge in [0.05, 0.1) is 11.4 Å². The van der Waals surface area contributed by atoms with Crippen LogP contribution in [0.25, 0.3) is 16.8 Å². The van der Waals surface area contributed by atoms with Crippen LogP contribution in [0.4, 0.5) is 16.3 Å². The number of urea groups is 1. The van der Waals surface area contributed by atoms with Gasteiger partial charge in [-0.1, -0.05) is 74.8 Å². The molecule has 0 aliphatic heterocycles. The van der Waals surface area contributed by atoms with E-state index in [2.05, 4.69) is 55.7 Å². The van der Waals surface area contributed by atoms with Crippen molar-refractivity contribution in [3.05, 3.63) is 95.6 Å². The summed E-state index contributed by atoms with van der Waals surface area (Å²) in [5.74, 6) is 0.589. The molecule has 0 saturated heterocycles. The number of aromatic nitrogens is 2. The minimum absolute atomic E-state index is 0.175. The Hall–Kier alpha value is -3.57. The summed E-state index contributed by atoms with van der Waals surface area (Å²) in [4.78, 5) is 12.7. The van der Waals surface area contributed by atoms with E-state index < -0.39 is 0 Å². The van der Waals surface area contributed by atoms with Crippen molar-refractivity contribution in [1.29, 1.82) is 0 Å². The van der Waals surface area contributed by atoms with Crippen LogP contribution in [0.1, 0.15) is 26.5 Å². The van der Waals surface area contributed by atoms with Crippen LogP contribution in [0.2, 0.25) is 5.02 Å². The summed E-state index contributed by atoms with van der Waals surface area (Å²) in [5.41, 5.74) is 4.42. The monoisotopic (exact) mass is 444 g/mol. The van der Waals surface area contributed by atoms with E-state index in [4.69, 9.17) is 16.7 Å². The number of nitrogens with zero attached hydrogens (tertiary/aromatic N) is 2. The van der Waals surface area contributed by atoms with E-state index in [1.165, 1.54) is 0 Å². The molecule has 0 saturated carbocycles. The molecule has 2 amide bonds. The van der Waals surface area contributed by atoms with Crippen molar-refractivity contribution in [2.24, 2.45) is 0 Å². The fourth-order valence-corrected chi connectivity index (χ4v) is 3.42. The molecule has 1 aromatic heterocycles. The van der Waals surface area contributed by atoms with Crippen LogP contribution in [0.5, 0.6) is 0 Å². The Kier molecular flexibility index (Phi) is 6.01. The first-order valence-corrected chi connectivity index (χ1v) is 10.8. The second-order valence-electron chi connectivity index (χ2n) is 8.58. The second kappa shape index (κ2) is 8.89. The van der Waals surface area contributed by atoms with Gasteiger partial charge in [-0.2, -0.15) is 5.10 Å². The number of anilines is 2. The summed E-state index contributed by atoms with van der Waals surface area (Å²) < 4.78 is 1.77. The van der Waals surface area contributed by atoms with E-state index in [0.29, 0.717) is 16.5 Å². The average molecular weight is 445 g/mol. The maximum atomic E-state index is 12.7. The first-order valence-electron chi connectivity index (χ1n) is 10.4. The van der Waals surface area contributed by atoms with Crippen molar-refractivity contribution < 1.29 is 4.79 Å². The molecule has 4 rings (SSSR count). The van der Waals surface area contributed by atoms with Gasteiger partial charge in [0, 0.05) is 22.2 Å². The van der Waals surface area contributed by atoms with Gasteiger partial charge >= 0.3 is 6.03 Å². The Bertz CT molecular complexity index is 1220. The van der Waals surface area contributed by atoms with Gasteiger partial charge in [-0.15, -0.1) is 0 Å². The molecule has 5 nitrogen and oxygen atoms in total. The molecule has 0 radical (unpaired) electrons. The highest BCUT2D eigenvalue weighted by Crippen LogP contribution is 2.28. The van der Waals surface area contributed by atoms with Crippen molar-refractivity contribution in [3.63, 3.8) is 0 Å². The topological polar surface area (TPSA) is 59.0 Å². The number of halogens is 1. The Balaban J connectivity index is 1.67. The van der Waals surface area contributed by atoms with Gasteiger partial charge in [-0.3, -0.25) is 5.32 Å². The van der Waals surface area contributed by atoms with Crippen molar-refractivity contribution >= 4 is 29.1 Å². The minimum Gasteiger partial charge on any atom is -0.308 e. The molecule has 4 aromatic rings. The van der Waals surface area contributed by atoms with Crippen LogP contribution >= 0.6 is 11.6 Å². The van der Waals surface area contributed by atoms with Crippen molar-refractivity contribution in [2.45, 2.75) is 26.2 Å². The van der Waals surface area contributed by atoms with E-state index in [1.54, 1.807) is 28.9 Å². The smallest absolute Gasteiger partial charge is 0.308 e. The lowest BCUT2D eigenvalue weighted by atomic mass is 9.92. The van der Waals surface area contributed by atoms with Crippen LogP contribution in [-0.2, 0) is 5.41 Å². The van der Waals surface area contributed by atoms with Crippen LogP contribution in [0, 0.1) is 0 Å². The number of carbonyl (C=O) groups is 1. The van der Waals surface area contributed by atoms with E-state index in [9.17, 15) is 4.79 Å². The number of carbonyl (C=O) groups excluding carboxylic acids is 1. The van der Waals surface area contributed by atoms with E-state index in [0.717, 1.165) is 22.5 Å². The number of hydrogen-bond donors (Lipinski definition) is 2. The maximum Gasteiger partial charge on any atom is 0.324 e. The Morgan fingerprint density at radius 1 is 0.844 bits per heavy atom. The lowest BCUT2D eigenvalue weighted by Gasteiger charge is -2.14. The highest BCUT2D eigenvalue weighted by Gasteiger charge is 2.21. The van der Waals surface area contributed by atoms with Gasteiger partial charge in [-0.05, 0) is 47.5 Å². The SMILES string of the molecule is CC(C)(C)c1cc(NC(=O)Nc2ccc(Cl)cc2)n(-c2cccc(-c3ccccc3)c2)n1. The van der Waals surface area contributed by atoms with Crippen molar-refractivity contribution in [1.82, 2.24) is 9.78 Å². The summed E-state index contributed by atoms with van der Waals surface area (Å²) in [5, 5.41) is 11.2. The first kappa shape index (κ1) is 21.7. The molecule has 0 aliphatic carbocycles. The predicted octanol–water partition coefficient (Wildman–Crippen LogP) is 7.13. The number of hydrogen-bond acceptors (Lipinski definition) is 2. The molecular formula is C26H25ClN4O. The second-order valence-corrected chi connectivity index (χ2v) is 9.02. The molecule has 0 atom stereocenters. The maximum absolute atomic E-state index is 12.7. The summed E-state index contributed by atoms with van der Waals surface area (Å²) in [7, 11) is 0. The summed E-state index contributed by atoms with van der Waals surface area (Å²) in [6.07, 6.45) is 0. The highest BCUT2D eigenvalue weighted by molar-refractivity contribution is 6.30. The van der Waals surface area contributed by atoms with Gasteiger partial charge in [0.15, 0.2) is 0 Å². The van der Waals surface area contributed by atoms with Gasteiger partial charge in [-0.25, -0.2) is 9.48 Å². The standard InChI is InChI=1S/C26H25ClN4O/c1-26(2,3)23-17-24(29-25(32)28-21-14-12-20(27)13-15-21)31(30-23)22-11-7-10-19(16-22)18-8-5-4-6-9-18/h4-17H,1-3H3,(H2,28,29,32). The highest BCUT2D eigenvalue weighted by atomic mass is 35.5. The number of benzene rings is 3. The largest absolute Gasteiger partial charge is 0.324 e. The number of nitrogens with one attached hydrogen (secondary N) is 2. The fourth-order valence-electron chi connectivity index (χ4n) is 3.29. The minimum atomic E-state index is -0.354. The molecule has 0 bridgehead atoms. The molecule has 0 unspecified atom stereocenters. The normalized spacial score (nSPS) is 11.2. The molecule has 1 heterocycles. The van der Waals surface area contributed by atoms with Gasteiger partial charge in [0.1, 0.15) is 5.82 Å². The first-order chi connectivity index (χ1) is 15.3. The zero-order valence-electron chi connectivity index (χ0n) is 18.3. The van der Waals surface area contributed by atoms with E-state index >= 15 is 0 Å².